The van der Waals surface area contributed by atoms with Gasteiger partial charge in [0.15, 0.2) is 17.1 Å². The molecule has 2 aromatic heterocycles. The molecule has 1 aliphatic rings. The second-order valence-electron chi connectivity index (χ2n) is 7.04. The summed E-state index contributed by atoms with van der Waals surface area (Å²) in [6.45, 7) is 1.63. The summed E-state index contributed by atoms with van der Waals surface area (Å²) in [5.74, 6) is 2.27. The van der Waals surface area contributed by atoms with Gasteiger partial charge in [0.25, 0.3) is 11.9 Å². The van der Waals surface area contributed by atoms with Crippen molar-refractivity contribution in [2.45, 2.75) is 6.54 Å². The van der Waals surface area contributed by atoms with Gasteiger partial charge in [-0.15, -0.1) is 0 Å². The van der Waals surface area contributed by atoms with Crippen LogP contribution in [0.3, 0.4) is 0 Å². The first-order valence-electron chi connectivity index (χ1n) is 10.1. The number of rotatable bonds is 6. The molecule has 0 fully saturated rings. The SMILES string of the molecule is CNC(=O)c1cc(Oc2ccc3nc(NCc4ccc5c(c4)OCCO5)oc3c2)ccn1. The van der Waals surface area contributed by atoms with E-state index in [1.807, 2.05) is 24.3 Å². The Bertz CT molecular complexity index is 1290. The Kier molecular flexibility index (Phi) is 5.20. The van der Waals surface area contributed by atoms with Gasteiger partial charge in [-0.1, -0.05) is 6.07 Å². The highest BCUT2D eigenvalue weighted by Crippen LogP contribution is 2.31. The van der Waals surface area contributed by atoms with E-state index in [4.69, 9.17) is 18.6 Å². The molecular weight excluding hydrogens is 412 g/mol. The second kappa shape index (κ2) is 8.46. The number of aromatic nitrogens is 2. The van der Waals surface area contributed by atoms with Gasteiger partial charge < -0.3 is 29.3 Å². The molecule has 0 atom stereocenters. The standard InChI is InChI=1S/C23H20N4O5/c1-24-22(28)18-11-16(6-7-25-18)31-15-3-4-17-20(12-15)32-23(27-17)26-13-14-2-5-19-21(10-14)30-9-8-29-19/h2-7,10-12H,8-9,13H2,1H3,(H,24,28)(H,26,27). The van der Waals surface area contributed by atoms with Gasteiger partial charge in [-0.25, -0.2) is 0 Å². The molecule has 0 bridgehead atoms. The number of hydrogen-bond acceptors (Lipinski definition) is 8. The quantitative estimate of drug-likeness (QED) is 0.474. The van der Waals surface area contributed by atoms with E-state index < -0.39 is 0 Å². The Balaban J connectivity index is 1.28. The van der Waals surface area contributed by atoms with Gasteiger partial charge in [0, 0.05) is 31.9 Å². The highest BCUT2D eigenvalue weighted by atomic mass is 16.6. The molecule has 0 saturated carbocycles. The number of nitrogens with zero attached hydrogens (tertiary/aromatic N) is 2. The van der Waals surface area contributed by atoms with Crippen LogP contribution in [-0.4, -0.2) is 36.1 Å². The molecule has 0 unspecified atom stereocenters. The van der Waals surface area contributed by atoms with Crippen LogP contribution in [0.25, 0.3) is 11.1 Å². The van der Waals surface area contributed by atoms with Crippen molar-refractivity contribution in [3.8, 4) is 23.0 Å². The van der Waals surface area contributed by atoms with Crippen molar-refractivity contribution in [1.29, 1.82) is 0 Å². The monoisotopic (exact) mass is 432 g/mol. The van der Waals surface area contributed by atoms with E-state index in [0.717, 1.165) is 17.1 Å². The van der Waals surface area contributed by atoms with Crippen LogP contribution in [-0.2, 0) is 6.54 Å². The minimum atomic E-state index is -0.283. The lowest BCUT2D eigenvalue weighted by atomic mass is 10.2. The maximum Gasteiger partial charge on any atom is 0.295 e. The average Bonchev–Trinajstić information content (AvgIpc) is 3.24. The molecule has 0 radical (unpaired) electrons. The zero-order valence-corrected chi connectivity index (χ0v) is 17.3. The lowest BCUT2D eigenvalue weighted by Crippen LogP contribution is -2.18. The summed E-state index contributed by atoms with van der Waals surface area (Å²) in [5, 5.41) is 5.72. The Morgan fingerprint density at radius 1 is 1.03 bits per heavy atom. The average molecular weight is 432 g/mol. The fraction of sp³-hybridized carbons (Fsp3) is 0.174. The van der Waals surface area contributed by atoms with E-state index in [0.29, 0.717) is 48.4 Å². The van der Waals surface area contributed by atoms with Crippen LogP contribution >= 0.6 is 0 Å². The molecule has 1 amide bonds. The van der Waals surface area contributed by atoms with Gasteiger partial charge in [-0.2, -0.15) is 4.98 Å². The van der Waals surface area contributed by atoms with Crippen LogP contribution in [0.5, 0.6) is 23.0 Å². The number of amides is 1. The fourth-order valence-electron chi connectivity index (χ4n) is 3.28. The number of anilines is 1. The van der Waals surface area contributed by atoms with E-state index in [-0.39, 0.29) is 11.6 Å². The lowest BCUT2D eigenvalue weighted by molar-refractivity contribution is 0.0958. The molecule has 1 aliphatic heterocycles. The normalized spacial score (nSPS) is 12.4. The molecule has 0 saturated heterocycles. The van der Waals surface area contributed by atoms with Crippen LogP contribution in [0.2, 0.25) is 0 Å². The first kappa shape index (κ1) is 19.7. The van der Waals surface area contributed by atoms with Crippen molar-refractivity contribution in [3.63, 3.8) is 0 Å². The predicted molar refractivity (Wildman–Crippen MR) is 116 cm³/mol. The maximum atomic E-state index is 11.8. The highest BCUT2D eigenvalue weighted by molar-refractivity contribution is 5.92. The van der Waals surface area contributed by atoms with Crippen LogP contribution in [0.1, 0.15) is 16.1 Å². The summed E-state index contributed by atoms with van der Waals surface area (Å²) in [6, 6.07) is 14.8. The van der Waals surface area contributed by atoms with Crippen LogP contribution in [0, 0.1) is 0 Å². The van der Waals surface area contributed by atoms with Gasteiger partial charge in [-0.05, 0) is 35.9 Å². The van der Waals surface area contributed by atoms with Crippen molar-refractivity contribution in [2.75, 3.05) is 25.6 Å². The van der Waals surface area contributed by atoms with E-state index in [1.54, 1.807) is 31.3 Å². The molecule has 0 spiro atoms. The zero-order valence-electron chi connectivity index (χ0n) is 17.3. The van der Waals surface area contributed by atoms with Crippen molar-refractivity contribution >= 4 is 23.0 Å². The summed E-state index contributed by atoms with van der Waals surface area (Å²) in [4.78, 5) is 20.2. The zero-order chi connectivity index (χ0) is 21.9. The number of nitrogens with one attached hydrogen (secondary N) is 2. The van der Waals surface area contributed by atoms with E-state index in [9.17, 15) is 4.79 Å². The molecule has 9 nitrogen and oxygen atoms in total. The number of ether oxygens (including phenoxy) is 3. The molecule has 2 N–H and O–H groups in total. The molecule has 2 aromatic carbocycles. The first-order chi connectivity index (χ1) is 15.7. The van der Waals surface area contributed by atoms with Gasteiger partial charge in [0.05, 0.1) is 0 Å². The number of oxazole rings is 1. The third-order valence-electron chi connectivity index (χ3n) is 4.84. The van der Waals surface area contributed by atoms with E-state index in [1.165, 1.54) is 6.20 Å². The number of benzene rings is 2. The smallest absolute Gasteiger partial charge is 0.295 e. The molecular formula is C23H20N4O5. The number of carbonyl (C=O) groups excluding carboxylic acids is 1. The summed E-state index contributed by atoms with van der Waals surface area (Å²) in [7, 11) is 1.55. The van der Waals surface area contributed by atoms with Gasteiger partial charge in [0.2, 0.25) is 0 Å². The highest BCUT2D eigenvalue weighted by Gasteiger charge is 2.13. The topological polar surface area (TPSA) is 108 Å². The summed E-state index contributed by atoms with van der Waals surface area (Å²) in [5.41, 5.74) is 2.57. The lowest BCUT2D eigenvalue weighted by Gasteiger charge is -2.18. The van der Waals surface area contributed by atoms with Crippen LogP contribution in [0.15, 0.2) is 59.1 Å². The van der Waals surface area contributed by atoms with Gasteiger partial charge >= 0.3 is 0 Å². The molecule has 0 aliphatic carbocycles. The second-order valence-corrected chi connectivity index (χ2v) is 7.04. The Morgan fingerprint density at radius 3 is 2.75 bits per heavy atom. The Labute approximate surface area is 183 Å². The van der Waals surface area contributed by atoms with Crippen LogP contribution in [0.4, 0.5) is 6.01 Å². The Morgan fingerprint density at radius 2 is 1.88 bits per heavy atom. The van der Waals surface area contributed by atoms with Crippen molar-refractivity contribution in [1.82, 2.24) is 15.3 Å². The van der Waals surface area contributed by atoms with Gasteiger partial charge in [0.1, 0.15) is 35.9 Å². The summed E-state index contributed by atoms with van der Waals surface area (Å²) in [6.07, 6.45) is 1.52. The van der Waals surface area contributed by atoms with Crippen LogP contribution < -0.4 is 24.8 Å². The van der Waals surface area contributed by atoms with Crippen molar-refractivity contribution in [3.05, 3.63) is 66.0 Å². The minimum absolute atomic E-state index is 0.274. The Hall–Kier alpha value is -4.27. The molecule has 4 aromatic rings. The van der Waals surface area contributed by atoms with E-state index in [2.05, 4.69) is 20.6 Å². The van der Waals surface area contributed by atoms with Crippen molar-refractivity contribution in [2.24, 2.45) is 0 Å². The first-order valence-corrected chi connectivity index (χ1v) is 10.1. The fourth-order valence-corrected chi connectivity index (χ4v) is 3.28. The summed E-state index contributed by atoms with van der Waals surface area (Å²) < 4.78 is 22.9. The molecule has 32 heavy (non-hydrogen) atoms. The van der Waals surface area contributed by atoms with E-state index >= 15 is 0 Å². The molecule has 162 valence electrons. The third kappa shape index (κ3) is 4.13. The predicted octanol–water partition coefficient (Wildman–Crippen LogP) is 3.76. The third-order valence-corrected chi connectivity index (χ3v) is 4.84. The number of pyridine rings is 1. The molecule has 3 heterocycles. The minimum Gasteiger partial charge on any atom is -0.486 e. The molecule has 9 heteroatoms. The summed E-state index contributed by atoms with van der Waals surface area (Å²) >= 11 is 0. The number of carbonyl (C=O) groups is 1. The molecule has 5 rings (SSSR count). The number of hydrogen-bond donors (Lipinski definition) is 2. The maximum absolute atomic E-state index is 11.8. The van der Waals surface area contributed by atoms with Gasteiger partial charge in [-0.3, -0.25) is 9.78 Å². The number of fused-ring (bicyclic) bond motifs is 2. The largest absolute Gasteiger partial charge is 0.486 e. The van der Waals surface area contributed by atoms with Crippen molar-refractivity contribution < 1.29 is 23.4 Å².